The van der Waals surface area contributed by atoms with Gasteiger partial charge in [0.05, 0.1) is 30.4 Å². The van der Waals surface area contributed by atoms with Gasteiger partial charge in [0, 0.05) is 24.4 Å². The van der Waals surface area contributed by atoms with E-state index in [9.17, 15) is 0 Å². The Morgan fingerprint density at radius 1 is 1.29 bits per heavy atom. The molecule has 2 N–H and O–H groups in total. The number of rotatable bonds is 3. The number of hydrogen-bond acceptors (Lipinski definition) is 4. The van der Waals surface area contributed by atoms with Crippen molar-refractivity contribution in [1.82, 2.24) is 19.3 Å². The van der Waals surface area contributed by atoms with Crippen LogP contribution in [0.4, 0.5) is 5.95 Å². The molecule has 110 valence electrons. The molecule has 0 saturated carbocycles. The second kappa shape index (κ2) is 4.80. The molecule has 6 heteroatoms. The number of nitrogens with zero attached hydrogens (tertiary/aromatic N) is 4. The first kappa shape index (κ1) is 13.5. The van der Waals surface area contributed by atoms with E-state index < -0.39 is 0 Å². The lowest BCUT2D eigenvalue weighted by molar-refractivity contribution is 0.415. The Hall–Kier alpha value is -2.50. The van der Waals surface area contributed by atoms with Gasteiger partial charge in [-0.2, -0.15) is 5.10 Å². The zero-order valence-electron chi connectivity index (χ0n) is 12.7. The van der Waals surface area contributed by atoms with Crippen molar-refractivity contribution in [3.05, 3.63) is 35.2 Å². The molecule has 0 saturated heterocycles. The molecular weight excluding hydrogens is 266 g/mol. The molecular formula is C15H19N5O. The molecule has 0 spiro atoms. The first-order valence-electron chi connectivity index (χ1n) is 6.80. The van der Waals surface area contributed by atoms with E-state index in [1.165, 1.54) is 5.56 Å². The summed E-state index contributed by atoms with van der Waals surface area (Å²) in [6.07, 6.45) is 0. The van der Waals surface area contributed by atoms with Crippen LogP contribution in [0.2, 0.25) is 0 Å². The van der Waals surface area contributed by atoms with E-state index in [1.54, 1.807) is 7.11 Å². The van der Waals surface area contributed by atoms with Crippen LogP contribution in [-0.4, -0.2) is 26.4 Å². The number of hydrogen-bond donors (Lipinski definition) is 1. The van der Waals surface area contributed by atoms with E-state index in [1.807, 2.05) is 41.4 Å². The number of aromatic nitrogens is 4. The van der Waals surface area contributed by atoms with Gasteiger partial charge in [-0.15, -0.1) is 0 Å². The number of nitrogens with two attached hydrogens (primary N) is 1. The topological polar surface area (TPSA) is 70.9 Å². The van der Waals surface area contributed by atoms with Crippen LogP contribution in [0, 0.1) is 13.8 Å². The minimum Gasteiger partial charge on any atom is -0.497 e. The molecule has 0 aliphatic heterocycles. The summed E-state index contributed by atoms with van der Waals surface area (Å²) in [6.45, 7) is 4.73. The van der Waals surface area contributed by atoms with Gasteiger partial charge in [0.15, 0.2) is 0 Å². The van der Waals surface area contributed by atoms with Crippen molar-refractivity contribution in [3.63, 3.8) is 0 Å². The van der Waals surface area contributed by atoms with Gasteiger partial charge in [0.2, 0.25) is 5.95 Å². The summed E-state index contributed by atoms with van der Waals surface area (Å²) in [7, 11) is 3.60. The summed E-state index contributed by atoms with van der Waals surface area (Å²) < 4.78 is 9.17. The average molecular weight is 285 g/mol. The van der Waals surface area contributed by atoms with E-state index in [0.29, 0.717) is 12.5 Å². The Morgan fingerprint density at radius 2 is 2.05 bits per heavy atom. The molecule has 0 atom stereocenters. The highest BCUT2D eigenvalue weighted by atomic mass is 16.5. The van der Waals surface area contributed by atoms with Gasteiger partial charge in [-0.3, -0.25) is 4.68 Å². The number of fused-ring (bicyclic) bond motifs is 1. The third-order valence-electron chi connectivity index (χ3n) is 3.96. The van der Waals surface area contributed by atoms with Crippen molar-refractivity contribution in [2.24, 2.45) is 7.05 Å². The first-order chi connectivity index (χ1) is 10.0. The molecule has 6 nitrogen and oxygen atoms in total. The molecule has 0 aliphatic rings. The Kier molecular flexibility index (Phi) is 3.08. The maximum absolute atomic E-state index is 6.08. The molecule has 3 rings (SSSR count). The number of imidazole rings is 1. The van der Waals surface area contributed by atoms with Crippen molar-refractivity contribution in [3.8, 4) is 5.75 Å². The van der Waals surface area contributed by atoms with Crippen LogP contribution in [0.5, 0.6) is 5.75 Å². The van der Waals surface area contributed by atoms with Crippen LogP contribution in [0.25, 0.3) is 11.0 Å². The highest BCUT2D eigenvalue weighted by Gasteiger charge is 2.14. The Labute approximate surface area is 123 Å². The number of benzene rings is 1. The highest BCUT2D eigenvalue weighted by molar-refractivity contribution is 5.80. The van der Waals surface area contributed by atoms with Crippen LogP contribution in [0.15, 0.2) is 18.2 Å². The highest BCUT2D eigenvalue weighted by Crippen LogP contribution is 2.25. The van der Waals surface area contributed by atoms with E-state index in [2.05, 4.69) is 17.0 Å². The lowest BCUT2D eigenvalue weighted by Gasteiger charge is -2.08. The molecule has 2 heterocycles. The Bertz CT molecular complexity index is 815. The Morgan fingerprint density at radius 3 is 2.67 bits per heavy atom. The maximum atomic E-state index is 6.08. The molecule has 0 radical (unpaired) electrons. The number of methoxy groups -OCH3 is 1. The van der Waals surface area contributed by atoms with Crippen LogP contribution < -0.4 is 10.5 Å². The van der Waals surface area contributed by atoms with Crippen molar-refractivity contribution in [2.45, 2.75) is 20.4 Å². The fourth-order valence-electron chi connectivity index (χ4n) is 2.62. The normalized spacial score (nSPS) is 11.2. The second-order valence-electron chi connectivity index (χ2n) is 5.18. The minimum atomic E-state index is 0.501. The van der Waals surface area contributed by atoms with Crippen molar-refractivity contribution < 1.29 is 4.74 Å². The number of aryl methyl sites for hydroxylation is 2. The molecule has 0 unspecified atom stereocenters. The van der Waals surface area contributed by atoms with Gasteiger partial charge in [0.1, 0.15) is 5.75 Å². The quantitative estimate of drug-likeness (QED) is 0.799. The minimum absolute atomic E-state index is 0.501. The molecule has 3 aromatic rings. The van der Waals surface area contributed by atoms with Crippen molar-refractivity contribution in [1.29, 1.82) is 0 Å². The molecule has 0 bridgehead atoms. The summed E-state index contributed by atoms with van der Waals surface area (Å²) in [5.74, 6) is 1.30. The molecule has 0 aliphatic carbocycles. The molecule has 1 aromatic carbocycles. The summed E-state index contributed by atoms with van der Waals surface area (Å²) in [6, 6.07) is 5.77. The fraction of sp³-hybridized carbons (Fsp3) is 0.333. The SMILES string of the molecule is COc1ccc2nc(N)n(Cc3c(C)nn(C)c3C)c2c1. The second-order valence-corrected chi connectivity index (χ2v) is 5.18. The zero-order chi connectivity index (χ0) is 15.1. The van der Waals surface area contributed by atoms with Gasteiger partial charge in [-0.1, -0.05) is 0 Å². The van der Waals surface area contributed by atoms with Crippen LogP contribution in [0.1, 0.15) is 17.0 Å². The van der Waals surface area contributed by atoms with E-state index in [4.69, 9.17) is 10.5 Å². The average Bonchev–Trinajstić information content (AvgIpc) is 2.89. The fourth-order valence-corrected chi connectivity index (χ4v) is 2.62. The summed E-state index contributed by atoms with van der Waals surface area (Å²) >= 11 is 0. The molecule has 0 amide bonds. The standard InChI is InChI=1S/C15H19N5O/c1-9-12(10(2)19(3)18-9)8-20-14-7-11(21-4)5-6-13(14)17-15(20)16/h5-7H,8H2,1-4H3,(H2,16,17). The van der Waals surface area contributed by atoms with E-state index in [-0.39, 0.29) is 0 Å². The number of ether oxygens (including phenoxy) is 1. The number of anilines is 1. The maximum Gasteiger partial charge on any atom is 0.201 e. The lowest BCUT2D eigenvalue weighted by Crippen LogP contribution is -2.06. The lowest BCUT2D eigenvalue weighted by atomic mass is 10.2. The van der Waals surface area contributed by atoms with Gasteiger partial charge in [-0.05, 0) is 26.0 Å². The summed E-state index contributed by atoms with van der Waals surface area (Å²) in [4.78, 5) is 4.41. The Balaban J connectivity index is 2.13. The molecule has 0 fully saturated rings. The third-order valence-corrected chi connectivity index (χ3v) is 3.96. The smallest absolute Gasteiger partial charge is 0.201 e. The number of nitrogen functional groups attached to an aromatic ring is 1. The van der Waals surface area contributed by atoms with E-state index >= 15 is 0 Å². The van der Waals surface area contributed by atoms with Gasteiger partial charge in [0.25, 0.3) is 0 Å². The van der Waals surface area contributed by atoms with E-state index in [0.717, 1.165) is 28.2 Å². The van der Waals surface area contributed by atoms with Crippen LogP contribution >= 0.6 is 0 Å². The van der Waals surface area contributed by atoms with Crippen LogP contribution in [-0.2, 0) is 13.6 Å². The first-order valence-corrected chi connectivity index (χ1v) is 6.80. The predicted octanol–water partition coefficient (Wildman–Crippen LogP) is 2.03. The largest absolute Gasteiger partial charge is 0.497 e. The summed E-state index contributed by atoms with van der Waals surface area (Å²) in [5, 5.41) is 4.45. The van der Waals surface area contributed by atoms with Gasteiger partial charge < -0.3 is 15.0 Å². The van der Waals surface area contributed by atoms with Crippen molar-refractivity contribution in [2.75, 3.05) is 12.8 Å². The van der Waals surface area contributed by atoms with Gasteiger partial charge >= 0.3 is 0 Å². The summed E-state index contributed by atoms with van der Waals surface area (Å²) in [5.41, 5.74) is 11.2. The molecule has 2 aromatic heterocycles. The molecule has 21 heavy (non-hydrogen) atoms. The third kappa shape index (κ3) is 2.12. The predicted molar refractivity (Wildman–Crippen MR) is 82.5 cm³/mol. The van der Waals surface area contributed by atoms with Crippen LogP contribution in [0.3, 0.4) is 0 Å². The monoisotopic (exact) mass is 285 g/mol. The van der Waals surface area contributed by atoms with Crippen molar-refractivity contribution >= 4 is 17.0 Å². The zero-order valence-corrected chi connectivity index (χ0v) is 12.7. The van der Waals surface area contributed by atoms with Gasteiger partial charge in [-0.25, -0.2) is 4.98 Å².